The zero-order valence-electron chi connectivity index (χ0n) is 9.97. The second kappa shape index (κ2) is 4.78. The van der Waals surface area contributed by atoms with E-state index in [0.717, 1.165) is 17.3 Å². The van der Waals surface area contributed by atoms with E-state index in [0.29, 0.717) is 12.3 Å². The number of nitrogen functional groups attached to an aromatic ring is 1. The van der Waals surface area contributed by atoms with Crippen molar-refractivity contribution in [3.63, 3.8) is 0 Å². The zero-order chi connectivity index (χ0) is 12.3. The van der Waals surface area contributed by atoms with Gasteiger partial charge in [-0.2, -0.15) is 5.10 Å². The van der Waals surface area contributed by atoms with Gasteiger partial charge in [0, 0.05) is 42.8 Å². The van der Waals surface area contributed by atoms with Gasteiger partial charge in [-0.15, -0.1) is 0 Å². The summed E-state index contributed by atoms with van der Waals surface area (Å²) >= 11 is 0. The summed E-state index contributed by atoms with van der Waals surface area (Å²) < 4.78 is 7.16. The number of rotatable bonds is 4. The Kier molecular flexibility index (Phi) is 3.18. The van der Waals surface area contributed by atoms with Gasteiger partial charge in [-0.25, -0.2) is 0 Å². The van der Waals surface area contributed by atoms with Gasteiger partial charge in [0.05, 0.1) is 6.61 Å². The van der Waals surface area contributed by atoms with Gasteiger partial charge in [0.2, 0.25) is 0 Å². The van der Waals surface area contributed by atoms with Crippen molar-refractivity contribution in [2.45, 2.75) is 6.92 Å². The summed E-state index contributed by atoms with van der Waals surface area (Å²) in [5.74, 6) is 1.53. The quantitative estimate of drug-likeness (QED) is 0.793. The van der Waals surface area contributed by atoms with Crippen molar-refractivity contribution in [1.29, 1.82) is 0 Å². The molecule has 0 saturated carbocycles. The maximum atomic E-state index is 5.80. The number of benzene rings is 1. The predicted molar refractivity (Wildman–Crippen MR) is 68.5 cm³/mol. The van der Waals surface area contributed by atoms with Crippen LogP contribution in [0.25, 0.3) is 0 Å². The normalized spacial score (nSPS) is 10.2. The largest absolute Gasteiger partial charge is 0.494 e. The lowest BCUT2D eigenvalue weighted by molar-refractivity contribution is 0.340. The maximum Gasteiger partial charge on any atom is 0.152 e. The molecule has 0 unspecified atom stereocenters. The second-order valence-corrected chi connectivity index (χ2v) is 3.72. The van der Waals surface area contributed by atoms with Crippen molar-refractivity contribution in [2.75, 3.05) is 17.7 Å². The molecule has 1 aromatic carbocycles. The first-order valence-electron chi connectivity index (χ1n) is 5.47. The summed E-state index contributed by atoms with van der Waals surface area (Å²) in [4.78, 5) is 0. The van der Waals surface area contributed by atoms with Crippen molar-refractivity contribution < 1.29 is 4.74 Å². The third-order valence-corrected chi connectivity index (χ3v) is 2.23. The molecule has 0 bridgehead atoms. The molecular weight excluding hydrogens is 216 g/mol. The second-order valence-electron chi connectivity index (χ2n) is 3.72. The number of nitrogens with zero attached hydrogens (tertiary/aromatic N) is 2. The Balaban J connectivity index is 2.20. The number of hydrogen-bond acceptors (Lipinski definition) is 4. The number of aromatic nitrogens is 2. The van der Waals surface area contributed by atoms with E-state index in [1.165, 1.54) is 0 Å². The molecule has 0 radical (unpaired) electrons. The Labute approximate surface area is 100 Å². The molecule has 0 atom stereocenters. The van der Waals surface area contributed by atoms with Crippen LogP contribution in [0.5, 0.6) is 5.75 Å². The molecule has 0 fully saturated rings. The van der Waals surface area contributed by atoms with Gasteiger partial charge in [-0.1, -0.05) is 0 Å². The van der Waals surface area contributed by atoms with E-state index in [9.17, 15) is 0 Å². The van der Waals surface area contributed by atoms with Gasteiger partial charge < -0.3 is 15.8 Å². The predicted octanol–water partition coefficient (Wildman–Crippen LogP) is 2.14. The average Bonchev–Trinajstić information content (AvgIpc) is 2.63. The van der Waals surface area contributed by atoms with E-state index in [1.807, 2.05) is 38.4 Å². The smallest absolute Gasteiger partial charge is 0.152 e. The minimum absolute atomic E-state index is 0.618. The van der Waals surface area contributed by atoms with Crippen LogP contribution in [0.3, 0.4) is 0 Å². The van der Waals surface area contributed by atoms with Crippen molar-refractivity contribution in [3.8, 4) is 5.75 Å². The minimum Gasteiger partial charge on any atom is -0.494 e. The molecule has 2 aromatic rings. The first-order chi connectivity index (χ1) is 8.17. The fraction of sp³-hybridized carbons (Fsp3) is 0.250. The number of hydrogen-bond donors (Lipinski definition) is 2. The van der Waals surface area contributed by atoms with Crippen LogP contribution in [0.15, 0.2) is 30.5 Å². The molecule has 2 rings (SSSR count). The van der Waals surface area contributed by atoms with E-state index in [4.69, 9.17) is 10.5 Å². The summed E-state index contributed by atoms with van der Waals surface area (Å²) in [6.07, 6.45) is 1.87. The van der Waals surface area contributed by atoms with Crippen molar-refractivity contribution in [2.24, 2.45) is 7.05 Å². The van der Waals surface area contributed by atoms with Crippen molar-refractivity contribution >= 4 is 17.2 Å². The Morgan fingerprint density at radius 2 is 2.24 bits per heavy atom. The Morgan fingerprint density at radius 3 is 2.88 bits per heavy atom. The van der Waals surface area contributed by atoms with Gasteiger partial charge in [0.15, 0.2) is 5.82 Å². The van der Waals surface area contributed by atoms with E-state index < -0.39 is 0 Å². The Morgan fingerprint density at radius 1 is 1.41 bits per heavy atom. The summed E-state index contributed by atoms with van der Waals surface area (Å²) in [5.41, 5.74) is 7.33. The van der Waals surface area contributed by atoms with Gasteiger partial charge in [-0.05, 0) is 13.0 Å². The number of nitrogens with one attached hydrogen (secondary N) is 1. The number of anilines is 3. The molecule has 1 aromatic heterocycles. The molecular formula is C12H16N4O. The van der Waals surface area contributed by atoms with Crippen molar-refractivity contribution in [3.05, 3.63) is 30.5 Å². The summed E-state index contributed by atoms with van der Waals surface area (Å²) in [7, 11) is 1.87. The number of nitrogens with two attached hydrogens (primary N) is 1. The van der Waals surface area contributed by atoms with Gasteiger partial charge in [-0.3, -0.25) is 4.68 Å². The first kappa shape index (κ1) is 11.3. The molecule has 5 heteroatoms. The fourth-order valence-electron chi connectivity index (χ4n) is 1.57. The third kappa shape index (κ3) is 2.90. The lowest BCUT2D eigenvalue weighted by Gasteiger charge is -2.08. The van der Waals surface area contributed by atoms with E-state index >= 15 is 0 Å². The molecule has 0 aliphatic carbocycles. The maximum absolute atomic E-state index is 5.80. The average molecular weight is 232 g/mol. The topological polar surface area (TPSA) is 65.1 Å². The summed E-state index contributed by atoms with van der Waals surface area (Å²) in [5, 5.41) is 7.41. The molecule has 3 N–H and O–H groups in total. The summed E-state index contributed by atoms with van der Waals surface area (Å²) in [6.45, 7) is 2.56. The molecule has 0 saturated heterocycles. The van der Waals surface area contributed by atoms with E-state index in [2.05, 4.69) is 10.4 Å². The minimum atomic E-state index is 0.618. The molecule has 0 aliphatic heterocycles. The van der Waals surface area contributed by atoms with E-state index in [-0.39, 0.29) is 0 Å². The molecule has 90 valence electrons. The van der Waals surface area contributed by atoms with Crippen LogP contribution in [0, 0.1) is 0 Å². The van der Waals surface area contributed by atoms with Crippen LogP contribution in [0.2, 0.25) is 0 Å². The first-order valence-corrected chi connectivity index (χ1v) is 5.47. The van der Waals surface area contributed by atoms with Crippen LogP contribution in [0.1, 0.15) is 6.92 Å². The van der Waals surface area contributed by atoms with Gasteiger partial charge in [0.1, 0.15) is 5.75 Å². The third-order valence-electron chi connectivity index (χ3n) is 2.23. The molecule has 0 amide bonds. The zero-order valence-corrected chi connectivity index (χ0v) is 9.97. The SMILES string of the molecule is CCOc1cc(N)cc(Nc2ccn(C)n2)c1. The van der Waals surface area contributed by atoms with E-state index in [1.54, 1.807) is 10.7 Å². The Hall–Kier alpha value is -2.17. The van der Waals surface area contributed by atoms with Crippen LogP contribution >= 0.6 is 0 Å². The van der Waals surface area contributed by atoms with Gasteiger partial charge in [0.25, 0.3) is 0 Å². The van der Waals surface area contributed by atoms with Crippen LogP contribution in [-0.2, 0) is 7.05 Å². The lowest BCUT2D eigenvalue weighted by atomic mass is 10.2. The molecule has 0 aliphatic rings. The Bertz CT molecular complexity index is 507. The number of ether oxygens (including phenoxy) is 1. The van der Waals surface area contributed by atoms with Gasteiger partial charge >= 0.3 is 0 Å². The molecule has 1 heterocycles. The molecule has 17 heavy (non-hydrogen) atoms. The highest BCUT2D eigenvalue weighted by Crippen LogP contribution is 2.24. The lowest BCUT2D eigenvalue weighted by Crippen LogP contribution is -1.97. The highest BCUT2D eigenvalue weighted by atomic mass is 16.5. The number of aryl methyl sites for hydroxylation is 1. The molecule has 5 nitrogen and oxygen atoms in total. The highest BCUT2D eigenvalue weighted by molar-refractivity contribution is 5.64. The summed E-state index contributed by atoms with van der Waals surface area (Å²) in [6, 6.07) is 7.43. The van der Waals surface area contributed by atoms with Crippen LogP contribution in [-0.4, -0.2) is 16.4 Å². The standard InChI is InChI=1S/C12H16N4O/c1-3-17-11-7-9(13)6-10(8-11)14-12-4-5-16(2)15-12/h4-8H,3,13H2,1-2H3,(H,14,15). The fourth-order valence-corrected chi connectivity index (χ4v) is 1.57. The van der Waals surface area contributed by atoms with Crippen LogP contribution in [0.4, 0.5) is 17.2 Å². The van der Waals surface area contributed by atoms with Crippen LogP contribution < -0.4 is 15.8 Å². The highest BCUT2D eigenvalue weighted by Gasteiger charge is 2.02. The van der Waals surface area contributed by atoms with Crippen molar-refractivity contribution in [1.82, 2.24) is 9.78 Å². The molecule has 0 spiro atoms. The monoisotopic (exact) mass is 232 g/mol.